The lowest BCUT2D eigenvalue weighted by Crippen LogP contribution is -2.52. The number of hydrogen-bond donors (Lipinski definition) is 2. The minimum absolute atomic E-state index is 0.427. The van der Waals surface area contributed by atoms with Crippen LogP contribution in [0.1, 0.15) is 5.56 Å². The Bertz CT molecular complexity index is 748. The molecule has 6 heteroatoms. The van der Waals surface area contributed by atoms with Gasteiger partial charge in [0.25, 0.3) is 0 Å². The van der Waals surface area contributed by atoms with Crippen molar-refractivity contribution in [2.75, 3.05) is 11.4 Å². The van der Waals surface area contributed by atoms with Crippen LogP contribution >= 0.6 is 0 Å². The number of carboxylic acid groups (broad SMARTS) is 1. The third kappa shape index (κ3) is 3.23. The summed E-state index contributed by atoms with van der Waals surface area (Å²) in [6, 6.07) is 15.5. The number of carbonyl (C=O) groups is 2. The molecular formula is C18H18N2O4. The van der Waals surface area contributed by atoms with E-state index >= 15 is 0 Å². The second-order valence-corrected chi connectivity index (χ2v) is 5.66. The van der Waals surface area contributed by atoms with Crippen LogP contribution in [0.25, 0.3) is 0 Å². The molecule has 2 atom stereocenters. The van der Waals surface area contributed by atoms with E-state index in [1.807, 2.05) is 30.3 Å². The number of benzene rings is 2. The summed E-state index contributed by atoms with van der Waals surface area (Å²) in [5, 5.41) is 9.11. The van der Waals surface area contributed by atoms with E-state index in [-0.39, 0.29) is 0 Å². The summed E-state index contributed by atoms with van der Waals surface area (Å²) in [7, 11) is 0. The summed E-state index contributed by atoms with van der Waals surface area (Å²) >= 11 is 0. The first-order valence-electron chi connectivity index (χ1n) is 7.64. The number of amides is 1. The Labute approximate surface area is 139 Å². The summed E-state index contributed by atoms with van der Waals surface area (Å²) in [6.45, 7) is -0.453. The van der Waals surface area contributed by atoms with Gasteiger partial charge in [-0.3, -0.25) is 14.5 Å². The molecule has 0 saturated heterocycles. The molecule has 2 aromatic carbocycles. The Morgan fingerprint density at radius 2 is 1.79 bits per heavy atom. The van der Waals surface area contributed by atoms with Crippen LogP contribution < -0.4 is 15.4 Å². The summed E-state index contributed by atoms with van der Waals surface area (Å²) in [4.78, 5) is 25.0. The highest BCUT2D eigenvalue weighted by Crippen LogP contribution is 2.33. The van der Waals surface area contributed by atoms with Crippen molar-refractivity contribution in [2.24, 2.45) is 5.73 Å². The Hall–Kier alpha value is -2.86. The number of anilines is 1. The zero-order valence-electron chi connectivity index (χ0n) is 13.0. The Morgan fingerprint density at radius 1 is 1.12 bits per heavy atom. The van der Waals surface area contributed by atoms with Crippen molar-refractivity contribution in [3.8, 4) is 5.75 Å². The fourth-order valence-electron chi connectivity index (χ4n) is 2.79. The Morgan fingerprint density at radius 3 is 2.50 bits per heavy atom. The Kier molecular flexibility index (Phi) is 4.48. The highest BCUT2D eigenvalue weighted by molar-refractivity contribution is 6.02. The molecule has 0 saturated carbocycles. The van der Waals surface area contributed by atoms with Crippen LogP contribution in [-0.2, 0) is 16.0 Å². The lowest BCUT2D eigenvalue weighted by Gasteiger charge is -2.23. The molecule has 24 heavy (non-hydrogen) atoms. The van der Waals surface area contributed by atoms with Crippen molar-refractivity contribution in [2.45, 2.75) is 18.6 Å². The standard InChI is InChI=1S/C18H18N2O4/c19-17-15(10-12-6-2-1-3-7-12)24-14-9-5-4-8-13(14)20(18(17)23)11-16(21)22/h1-9,15,17H,10-11,19H2,(H,21,22)/t15?,17-/m0/s1. The number of fused-ring (bicyclic) bond motifs is 1. The number of nitrogens with two attached hydrogens (primary N) is 1. The Balaban J connectivity index is 1.95. The molecule has 6 nitrogen and oxygen atoms in total. The van der Waals surface area contributed by atoms with E-state index < -0.39 is 30.6 Å². The number of carboxylic acids is 1. The van der Waals surface area contributed by atoms with Crippen molar-refractivity contribution in [1.82, 2.24) is 0 Å². The van der Waals surface area contributed by atoms with Gasteiger partial charge in [0.05, 0.1) is 5.69 Å². The van der Waals surface area contributed by atoms with E-state index in [0.29, 0.717) is 17.9 Å². The van der Waals surface area contributed by atoms with Crippen LogP contribution in [-0.4, -0.2) is 35.7 Å². The largest absolute Gasteiger partial charge is 0.486 e. The molecule has 1 unspecified atom stereocenters. The van der Waals surface area contributed by atoms with Crippen LogP contribution in [0.3, 0.4) is 0 Å². The van der Waals surface area contributed by atoms with Gasteiger partial charge >= 0.3 is 5.97 Å². The SMILES string of the molecule is N[C@@H]1C(=O)N(CC(=O)O)c2ccccc2OC1Cc1ccccc1. The first kappa shape index (κ1) is 16.0. The molecule has 1 aliphatic heterocycles. The molecule has 1 amide bonds. The third-order valence-electron chi connectivity index (χ3n) is 3.96. The van der Waals surface area contributed by atoms with Crippen molar-refractivity contribution in [1.29, 1.82) is 0 Å². The highest BCUT2D eigenvalue weighted by Gasteiger charge is 2.36. The van der Waals surface area contributed by atoms with Crippen LogP contribution in [0.4, 0.5) is 5.69 Å². The molecule has 0 spiro atoms. The summed E-state index contributed by atoms with van der Waals surface area (Å²) in [6.07, 6.45) is -0.108. The second-order valence-electron chi connectivity index (χ2n) is 5.66. The molecular weight excluding hydrogens is 308 g/mol. The molecule has 1 heterocycles. The maximum atomic E-state index is 12.7. The lowest BCUT2D eigenvalue weighted by atomic mass is 10.0. The first-order valence-corrected chi connectivity index (χ1v) is 7.64. The average Bonchev–Trinajstić information content (AvgIpc) is 2.67. The van der Waals surface area contributed by atoms with E-state index in [9.17, 15) is 9.59 Å². The molecule has 0 fully saturated rings. The smallest absolute Gasteiger partial charge is 0.323 e. The number of carbonyl (C=O) groups excluding carboxylic acids is 1. The van der Waals surface area contributed by atoms with Crippen LogP contribution in [0.15, 0.2) is 54.6 Å². The van der Waals surface area contributed by atoms with E-state index in [2.05, 4.69) is 0 Å². The minimum atomic E-state index is -1.10. The van der Waals surface area contributed by atoms with Gasteiger partial charge in [0.2, 0.25) is 5.91 Å². The van der Waals surface area contributed by atoms with Gasteiger partial charge in [-0.1, -0.05) is 42.5 Å². The van der Waals surface area contributed by atoms with Gasteiger partial charge in [0, 0.05) is 6.42 Å². The highest BCUT2D eigenvalue weighted by atomic mass is 16.5. The van der Waals surface area contributed by atoms with Crippen LogP contribution in [0.5, 0.6) is 5.75 Å². The summed E-state index contributed by atoms with van der Waals surface area (Å²) in [5.74, 6) is -1.10. The summed E-state index contributed by atoms with van der Waals surface area (Å²) < 4.78 is 5.97. The van der Waals surface area contributed by atoms with E-state index in [0.717, 1.165) is 5.56 Å². The minimum Gasteiger partial charge on any atom is -0.486 e. The number of rotatable bonds is 4. The number of nitrogens with zero attached hydrogens (tertiary/aromatic N) is 1. The van der Waals surface area contributed by atoms with E-state index in [1.165, 1.54) is 4.90 Å². The predicted octanol–water partition coefficient (Wildman–Crippen LogP) is 1.44. The quantitative estimate of drug-likeness (QED) is 0.887. The van der Waals surface area contributed by atoms with Gasteiger partial charge in [-0.15, -0.1) is 0 Å². The lowest BCUT2D eigenvalue weighted by molar-refractivity contribution is -0.137. The van der Waals surface area contributed by atoms with Gasteiger partial charge in [0.15, 0.2) is 0 Å². The fourth-order valence-corrected chi connectivity index (χ4v) is 2.79. The van der Waals surface area contributed by atoms with E-state index in [4.69, 9.17) is 15.6 Å². The maximum absolute atomic E-state index is 12.7. The molecule has 2 aromatic rings. The molecule has 124 valence electrons. The van der Waals surface area contributed by atoms with Crippen LogP contribution in [0.2, 0.25) is 0 Å². The van der Waals surface area contributed by atoms with Gasteiger partial charge in [-0.2, -0.15) is 0 Å². The van der Waals surface area contributed by atoms with Gasteiger partial charge in [-0.05, 0) is 17.7 Å². The number of para-hydroxylation sites is 2. The normalized spacial score (nSPS) is 20.0. The monoisotopic (exact) mass is 326 g/mol. The topological polar surface area (TPSA) is 92.9 Å². The number of aliphatic carboxylic acids is 1. The van der Waals surface area contributed by atoms with Crippen LogP contribution in [0, 0.1) is 0 Å². The average molecular weight is 326 g/mol. The molecule has 3 N–H and O–H groups in total. The number of hydrogen-bond acceptors (Lipinski definition) is 4. The van der Waals surface area contributed by atoms with Crippen molar-refractivity contribution in [3.63, 3.8) is 0 Å². The van der Waals surface area contributed by atoms with Crippen molar-refractivity contribution in [3.05, 3.63) is 60.2 Å². The molecule has 0 bridgehead atoms. The predicted molar refractivity (Wildman–Crippen MR) is 89.0 cm³/mol. The maximum Gasteiger partial charge on any atom is 0.323 e. The van der Waals surface area contributed by atoms with E-state index in [1.54, 1.807) is 24.3 Å². The van der Waals surface area contributed by atoms with Crippen molar-refractivity contribution < 1.29 is 19.4 Å². The molecule has 0 aromatic heterocycles. The zero-order chi connectivity index (χ0) is 17.1. The second kappa shape index (κ2) is 6.72. The molecule has 1 aliphatic rings. The fraction of sp³-hybridized carbons (Fsp3) is 0.222. The zero-order valence-corrected chi connectivity index (χ0v) is 13.0. The van der Waals surface area contributed by atoms with Gasteiger partial charge < -0.3 is 15.6 Å². The third-order valence-corrected chi connectivity index (χ3v) is 3.96. The molecule has 3 rings (SSSR count). The first-order chi connectivity index (χ1) is 11.6. The van der Waals surface area contributed by atoms with Crippen molar-refractivity contribution >= 4 is 17.6 Å². The summed E-state index contributed by atoms with van der Waals surface area (Å²) in [5.41, 5.74) is 7.53. The molecule has 0 aliphatic carbocycles. The molecule has 0 radical (unpaired) electrons. The van der Waals surface area contributed by atoms with Gasteiger partial charge in [-0.25, -0.2) is 0 Å². The number of ether oxygens (including phenoxy) is 1. The van der Waals surface area contributed by atoms with Gasteiger partial charge in [0.1, 0.15) is 24.4 Å².